The Balaban J connectivity index is 2.07. The SMILES string of the molecule is CC1CC1C(=O)N1CCCCC1C(N)=NO. The number of carbonyl (C=O) groups excluding carboxylic acids is 1. The lowest BCUT2D eigenvalue weighted by molar-refractivity contribution is -0.135. The summed E-state index contributed by atoms with van der Waals surface area (Å²) in [6, 6.07) is -0.195. The van der Waals surface area contributed by atoms with Gasteiger partial charge in [-0.15, -0.1) is 0 Å². The van der Waals surface area contributed by atoms with Crippen LogP contribution in [0.5, 0.6) is 0 Å². The zero-order chi connectivity index (χ0) is 11.7. The molecule has 2 fully saturated rings. The number of nitrogens with two attached hydrogens (primary N) is 1. The molecule has 2 aliphatic rings. The van der Waals surface area contributed by atoms with E-state index >= 15 is 0 Å². The first kappa shape index (κ1) is 11.2. The van der Waals surface area contributed by atoms with Crippen LogP contribution >= 0.6 is 0 Å². The molecular formula is C11H19N3O2. The Labute approximate surface area is 95.3 Å². The Morgan fingerprint density at radius 1 is 1.50 bits per heavy atom. The molecule has 5 heteroatoms. The molecule has 3 unspecified atom stereocenters. The second kappa shape index (κ2) is 4.31. The van der Waals surface area contributed by atoms with Crippen molar-refractivity contribution in [2.45, 2.75) is 38.6 Å². The Morgan fingerprint density at radius 2 is 2.19 bits per heavy atom. The summed E-state index contributed by atoms with van der Waals surface area (Å²) >= 11 is 0. The molecular weight excluding hydrogens is 206 g/mol. The lowest BCUT2D eigenvalue weighted by Crippen LogP contribution is -2.51. The smallest absolute Gasteiger partial charge is 0.226 e. The quantitative estimate of drug-likeness (QED) is 0.315. The standard InChI is InChI=1S/C11H19N3O2/c1-7-6-8(7)11(15)14-5-3-2-4-9(14)10(12)13-16/h7-9,16H,2-6H2,1H3,(H2,12,13). The van der Waals surface area contributed by atoms with Gasteiger partial charge in [0.1, 0.15) is 0 Å². The van der Waals surface area contributed by atoms with E-state index in [2.05, 4.69) is 12.1 Å². The fourth-order valence-electron chi connectivity index (χ4n) is 2.45. The first-order chi connectivity index (χ1) is 7.65. The van der Waals surface area contributed by atoms with Gasteiger partial charge in [0.05, 0.1) is 6.04 Å². The van der Waals surface area contributed by atoms with Crippen LogP contribution in [0.2, 0.25) is 0 Å². The maximum Gasteiger partial charge on any atom is 0.226 e. The molecule has 0 aromatic carbocycles. The highest BCUT2D eigenvalue weighted by Crippen LogP contribution is 2.40. The summed E-state index contributed by atoms with van der Waals surface area (Å²) in [5.74, 6) is 1.03. The average molecular weight is 225 g/mol. The van der Waals surface area contributed by atoms with Crippen molar-refractivity contribution in [3.63, 3.8) is 0 Å². The van der Waals surface area contributed by atoms with Crippen molar-refractivity contribution in [1.82, 2.24) is 4.90 Å². The number of carbonyl (C=O) groups is 1. The summed E-state index contributed by atoms with van der Waals surface area (Å²) in [7, 11) is 0. The molecule has 3 N–H and O–H groups in total. The Kier molecular flexibility index (Phi) is 3.03. The lowest BCUT2D eigenvalue weighted by Gasteiger charge is -2.35. The molecule has 0 aromatic heterocycles. The zero-order valence-corrected chi connectivity index (χ0v) is 9.59. The molecule has 1 aliphatic carbocycles. The van der Waals surface area contributed by atoms with Crippen molar-refractivity contribution in [2.75, 3.05) is 6.54 Å². The van der Waals surface area contributed by atoms with Crippen molar-refractivity contribution in [2.24, 2.45) is 22.7 Å². The fourth-order valence-corrected chi connectivity index (χ4v) is 2.45. The molecule has 16 heavy (non-hydrogen) atoms. The Morgan fingerprint density at radius 3 is 2.75 bits per heavy atom. The highest BCUT2D eigenvalue weighted by Gasteiger charge is 2.44. The van der Waals surface area contributed by atoms with Crippen LogP contribution in [0.4, 0.5) is 0 Å². The minimum atomic E-state index is -0.195. The highest BCUT2D eigenvalue weighted by atomic mass is 16.4. The molecule has 3 atom stereocenters. The molecule has 5 nitrogen and oxygen atoms in total. The van der Waals surface area contributed by atoms with E-state index in [1.807, 2.05) is 0 Å². The summed E-state index contributed by atoms with van der Waals surface area (Å²) in [5.41, 5.74) is 5.64. The summed E-state index contributed by atoms with van der Waals surface area (Å²) in [6.45, 7) is 2.83. The molecule has 0 aromatic rings. The first-order valence-corrected chi connectivity index (χ1v) is 5.93. The predicted octanol–water partition coefficient (Wildman–Crippen LogP) is 0.770. The number of hydrogen-bond acceptors (Lipinski definition) is 3. The van der Waals surface area contributed by atoms with Crippen LogP contribution in [0.3, 0.4) is 0 Å². The fraction of sp³-hybridized carbons (Fsp3) is 0.818. The van der Waals surface area contributed by atoms with Gasteiger partial charge in [-0.2, -0.15) is 0 Å². The number of likely N-dealkylation sites (tertiary alicyclic amines) is 1. The summed E-state index contributed by atoms with van der Waals surface area (Å²) < 4.78 is 0. The molecule has 2 rings (SSSR count). The van der Waals surface area contributed by atoms with Gasteiger partial charge in [-0.05, 0) is 31.6 Å². The van der Waals surface area contributed by atoms with Gasteiger partial charge in [-0.25, -0.2) is 0 Å². The minimum Gasteiger partial charge on any atom is -0.409 e. The van der Waals surface area contributed by atoms with Crippen LogP contribution in [-0.2, 0) is 4.79 Å². The van der Waals surface area contributed by atoms with E-state index in [1.54, 1.807) is 4.90 Å². The van der Waals surface area contributed by atoms with Gasteiger partial charge < -0.3 is 15.8 Å². The maximum atomic E-state index is 12.1. The number of oxime groups is 1. The third-order valence-electron chi connectivity index (χ3n) is 3.67. The summed E-state index contributed by atoms with van der Waals surface area (Å²) in [5, 5.41) is 11.8. The number of hydrogen-bond donors (Lipinski definition) is 2. The van der Waals surface area contributed by atoms with Gasteiger partial charge >= 0.3 is 0 Å². The van der Waals surface area contributed by atoms with Crippen molar-refractivity contribution >= 4 is 11.7 Å². The second-order valence-corrected chi connectivity index (χ2v) is 4.89. The molecule has 1 heterocycles. The average Bonchev–Trinajstić information content (AvgIpc) is 3.04. The van der Waals surface area contributed by atoms with Gasteiger partial charge in [0.25, 0.3) is 0 Å². The Bertz CT molecular complexity index is 316. The molecule has 1 amide bonds. The minimum absolute atomic E-state index is 0.168. The van der Waals surface area contributed by atoms with Crippen molar-refractivity contribution in [3.8, 4) is 0 Å². The molecule has 0 radical (unpaired) electrons. The van der Waals surface area contributed by atoms with Crippen LogP contribution in [0, 0.1) is 11.8 Å². The highest BCUT2D eigenvalue weighted by molar-refractivity contribution is 5.91. The predicted molar refractivity (Wildman–Crippen MR) is 60.0 cm³/mol. The normalized spacial score (nSPS) is 34.9. The van der Waals surface area contributed by atoms with Gasteiger partial charge in [-0.3, -0.25) is 4.79 Å². The number of nitrogens with zero attached hydrogens (tertiary/aromatic N) is 2. The summed E-state index contributed by atoms with van der Waals surface area (Å²) in [4.78, 5) is 13.9. The zero-order valence-electron chi connectivity index (χ0n) is 9.59. The lowest BCUT2D eigenvalue weighted by atomic mass is 10.0. The van der Waals surface area contributed by atoms with Gasteiger partial charge in [0, 0.05) is 12.5 Å². The third kappa shape index (κ3) is 1.99. The molecule has 1 aliphatic heterocycles. The van der Waals surface area contributed by atoms with E-state index < -0.39 is 0 Å². The molecule has 90 valence electrons. The molecule has 0 bridgehead atoms. The monoisotopic (exact) mass is 225 g/mol. The molecule has 0 spiro atoms. The third-order valence-corrected chi connectivity index (χ3v) is 3.67. The summed E-state index contributed by atoms with van der Waals surface area (Å²) in [6.07, 6.45) is 3.84. The number of rotatable bonds is 2. The first-order valence-electron chi connectivity index (χ1n) is 5.93. The Hall–Kier alpha value is -1.26. The van der Waals surface area contributed by atoms with Crippen LogP contribution in [0.15, 0.2) is 5.16 Å². The van der Waals surface area contributed by atoms with Gasteiger partial charge in [0.2, 0.25) is 5.91 Å². The van der Waals surface area contributed by atoms with E-state index in [0.29, 0.717) is 5.92 Å². The molecule has 1 saturated carbocycles. The number of piperidine rings is 1. The van der Waals surface area contributed by atoms with E-state index in [-0.39, 0.29) is 23.7 Å². The van der Waals surface area contributed by atoms with E-state index in [0.717, 1.165) is 32.2 Å². The second-order valence-electron chi connectivity index (χ2n) is 4.89. The largest absolute Gasteiger partial charge is 0.409 e. The maximum absolute atomic E-state index is 12.1. The van der Waals surface area contributed by atoms with Gasteiger partial charge in [0.15, 0.2) is 5.84 Å². The van der Waals surface area contributed by atoms with E-state index in [9.17, 15) is 4.79 Å². The van der Waals surface area contributed by atoms with Crippen LogP contribution in [0.1, 0.15) is 32.6 Å². The van der Waals surface area contributed by atoms with Gasteiger partial charge in [-0.1, -0.05) is 12.1 Å². The van der Waals surface area contributed by atoms with Crippen molar-refractivity contribution < 1.29 is 10.0 Å². The molecule has 1 saturated heterocycles. The van der Waals surface area contributed by atoms with Crippen molar-refractivity contribution in [3.05, 3.63) is 0 Å². The topological polar surface area (TPSA) is 78.9 Å². The number of amidine groups is 1. The van der Waals surface area contributed by atoms with Crippen molar-refractivity contribution in [1.29, 1.82) is 0 Å². The van der Waals surface area contributed by atoms with E-state index in [1.165, 1.54) is 0 Å². The van der Waals surface area contributed by atoms with Crippen LogP contribution in [0.25, 0.3) is 0 Å². The van der Waals surface area contributed by atoms with E-state index in [4.69, 9.17) is 10.9 Å². The van der Waals surface area contributed by atoms with Crippen LogP contribution in [-0.4, -0.2) is 34.4 Å². The van der Waals surface area contributed by atoms with Crippen LogP contribution < -0.4 is 5.73 Å². The number of amides is 1.